The van der Waals surface area contributed by atoms with Crippen LogP contribution in [0.25, 0.3) is 0 Å². The van der Waals surface area contributed by atoms with Crippen molar-refractivity contribution >= 4 is 52.4 Å². The number of anilines is 1. The predicted octanol–water partition coefficient (Wildman–Crippen LogP) is 4.77. The zero-order valence-corrected chi connectivity index (χ0v) is 16.3. The van der Waals surface area contributed by atoms with Crippen molar-refractivity contribution in [2.24, 2.45) is 0 Å². The van der Waals surface area contributed by atoms with Gasteiger partial charge in [0.15, 0.2) is 6.10 Å². The molecule has 1 N–H and O–H groups in total. The maximum Gasteiger partial charge on any atom is 0.311 e. The van der Waals surface area contributed by atoms with E-state index in [2.05, 4.69) is 5.32 Å². The molecule has 1 amide bonds. The number of halogens is 3. The quantitative estimate of drug-likeness (QED) is 0.689. The average molecular weight is 417 g/mol. The molecule has 2 rings (SSSR count). The van der Waals surface area contributed by atoms with Gasteiger partial charge in [0.1, 0.15) is 5.75 Å². The third-order valence-electron chi connectivity index (χ3n) is 3.45. The summed E-state index contributed by atoms with van der Waals surface area (Å²) in [5.74, 6) is -0.662. The molecular weight excluding hydrogens is 401 g/mol. The van der Waals surface area contributed by atoms with Crippen LogP contribution in [-0.2, 0) is 20.7 Å². The number of hydrogen-bond acceptors (Lipinski definition) is 4. The highest BCUT2D eigenvalue weighted by atomic mass is 35.5. The van der Waals surface area contributed by atoms with Crippen LogP contribution in [0.4, 0.5) is 5.69 Å². The molecule has 0 spiro atoms. The highest BCUT2D eigenvalue weighted by molar-refractivity contribution is 6.35. The molecule has 2 aromatic carbocycles. The van der Waals surface area contributed by atoms with E-state index in [1.807, 2.05) is 0 Å². The van der Waals surface area contributed by atoms with Gasteiger partial charge < -0.3 is 14.8 Å². The fourth-order valence-electron chi connectivity index (χ4n) is 2.13. The van der Waals surface area contributed by atoms with Gasteiger partial charge >= 0.3 is 5.97 Å². The second kappa shape index (κ2) is 9.12. The minimum atomic E-state index is -1.02. The number of nitrogens with one attached hydrogen (secondary N) is 1. The summed E-state index contributed by atoms with van der Waals surface area (Å²) in [4.78, 5) is 24.3. The molecule has 5 nitrogen and oxygen atoms in total. The molecule has 138 valence electrons. The Balaban J connectivity index is 1.98. The molecule has 1 unspecified atom stereocenters. The molecular formula is C18H16Cl3NO4. The summed E-state index contributed by atoms with van der Waals surface area (Å²) in [5, 5.41) is 3.88. The lowest BCUT2D eigenvalue weighted by molar-refractivity contribution is -0.152. The zero-order chi connectivity index (χ0) is 19.3. The number of ether oxygens (including phenoxy) is 2. The van der Waals surface area contributed by atoms with Crippen molar-refractivity contribution < 1.29 is 19.1 Å². The number of methoxy groups -OCH3 is 1. The number of hydrogen-bond donors (Lipinski definition) is 1. The van der Waals surface area contributed by atoms with E-state index in [1.54, 1.807) is 30.3 Å². The molecule has 26 heavy (non-hydrogen) atoms. The van der Waals surface area contributed by atoms with E-state index in [0.29, 0.717) is 32.1 Å². The van der Waals surface area contributed by atoms with Crippen molar-refractivity contribution in [3.05, 3.63) is 57.0 Å². The molecule has 8 heteroatoms. The van der Waals surface area contributed by atoms with Crippen molar-refractivity contribution in [3.8, 4) is 5.75 Å². The van der Waals surface area contributed by atoms with Gasteiger partial charge in [-0.15, -0.1) is 0 Å². The van der Waals surface area contributed by atoms with Crippen LogP contribution < -0.4 is 10.1 Å². The summed E-state index contributed by atoms with van der Waals surface area (Å²) >= 11 is 17.8. The van der Waals surface area contributed by atoms with Gasteiger partial charge in [-0.05, 0) is 42.8 Å². The highest BCUT2D eigenvalue weighted by Gasteiger charge is 2.20. The van der Waals surface area contributed by atoms with Gasteiger partial charge in [0.2, 0.25) is 0 Å². The van der Waals surface area contributed by atoms with Gasteiger partial charge in [0.25, 0.3) is 5.91 Å². The van der Waals surface area contributed by atoms with Crippen LogP contribution in [0.1, 0.15) is 12.5 Å². The predicted molar refractivity (Wildman–Crippen MR) is 102 cm³/mol. The second-order valence-electron chi connectivity index (χ2n) is 5.38. The van der Waals surface area contributed by atoms with Crippen LogP contribution >= 0.6 is 34.8 Å². The zero-order valence-electron chi connectivity index (χ0n) is 14.0. The van der Waals surface area contributed by atoms with Crippen molar-refractivity contribution in [2.75, 3.05) is 12.4 Å². The lowest BCUT2D eigenvalue weighted by Gasteiger charge is -2.15. The number of amides is 1. The number of carbonyl (C=O) groups excluding carboxylic acids is 2. The standard InChI is InChI=1S/C18H16Cl3NO4/c1-10(18(24)22-15-9-13(20)5-6-16(15)25-2)26-17(23)7-11-3-4-12(19)8-14(11)21/h3-6,8-10H,7H2,1-2H3,(H,22,24). The first-order valence-corrected chi connectivity index (χ1v) is 8.71. The van der Waals surface area contributed by atoms with E-state index < -0.39 is 18.0 Å². The summed E-state index contributed by atoms with van der Waals surface area (Å²) in [6.07, 6.45) is -1.09. The Hall–Kier alpha value is -1.95. The Bertz CT molecular complexity index is 826. The number of benzene rings is 2. The topological polar surface area (TPSA) is 64.6 Å². The molecule has 0 fully saturated rings. The summed E-state index contributed by atoms with van der Waals surface area (Å²) in [5.41, 5.74) is 0.943. The lowest BCUT2D eigenvalue weighted by atomic mass is 10.1. The summed E-state index contributed by atoms with van der Waals surface area (Å²) in [6, 6.07) is 9.59. The normalized spacial score (nSPS) is 11.6. The average Bonchev–Trinajstić information content (AvgIpc) is 2.57. The van der Waals surface area contributed by atoms with E-state index in [4.69, 9.17) is 44.3 Å². The van der Waals surface area contributed by atoms with Crippen LogP contribution in [0.3, 0.4) is 0 Å². The van der Waals surface area contributed by atoms with E-state index in [9.17, 15) is 9.59 Å². The maximum absolute atomic E-state index is 12.3. The Morgan fingerprint density at radius 3 is 2.38 bits per heavy atom. The fourth-order valence-corrected chi connectivity index (χ4v) is 2.77. The highest BCUT2D eigenvalue weighted by Crippen LogP contribution is 2.28. The van der Waals surface area contributed by atoms with Gasteiger partial charge in [-0.3, -0.25) is 9.59 Å². The molecule has 0 aliphatic rings. The van der Waals surface area contributed by atoms with E-state index >= 15 is 0 Å². The molecule has 2 aromatic rings. The van der Waals surface area contributed by atoms with E-state index in [1.165, 1.54) is 20.1 Å². The van der Waals surface area contributed by atoms with Gasteiger partial charge in [0.05, 0.1) is 19.2 Å². The van der Waals surface area contributed by atoms with Crippen molar-refractivity contribution in [3.63, 3.8) is 0 Å². The number of rotatable bonds is 6. The third-order valence-corrected chi connectivity index (χ3v) is 4.27. The van der Waals surface area contributed by atoms with E-state index in [0.717, 1.165) is 0 Å². The molecule has 0 saturated carbocycles. The first-order chi connectivity index (χ1) is 12.3. The summed E-state index contributed by atoms with van der Waals surface area (Å²) in [6.45, 7) is 1.47. The summed E-state index contributed by atoms with van der Waals surface area (Å²) in [7, 11) is 1.47. The van der Waals surface area contributed by atoms with Crippen LogP contribution in [0, 0.1) is 0 Å². The first kappa shape index (κ1) is 20.4. The van der Waals surface area contributed by atoms with E-state index in [-0.39, 0.29) is 6.42 Å². The lowest BCUT2D eigenvalue weighted by Crippen LogP contribution is -2.30. The molecule has 0 aliphatic heterocycles. The van der Waals surface area contributed by atoms with Crippen LogP contribution in [0.2, 0.25) is 15.1 Å². The number of carbonyl (C=O) groups is 2. The van der Waals surface area contributed by atoms with Crippen LogP contribution in [-0.4, -0.2) is 25.1 Å². The first-order valence-electron chi connectivity index (χ1n) is 7.58. The minimum absolute atomic E-state index is 0.0753. The Labute approximate surface area is 166 Å². The third kappa shape index (κ3) is 5.53. The molecule has 1 atom stereocenters. The Kier molecular flexibility index (Phi) is 7.14. The molecule has 0 bridgehead atoms. The van der Waals surface area contributed by atoms with Gasteiger partial charge in [-0.1, -0.05) is 40.9 Å². The smallest absolute Gasteiger partial charge is 0.311 e. The van der Waals surface area contributed by atoms with Crippen LogP contribution in [0.5, 0.6) is 5.75 Å². The van der Waals surface area contributed by atoms with Gasteiger partial charge in [-0.25, -0.2) is 0 Å². The number of esters is 1. The fraction of sp³-hybridized carbons (Fsp3) is 0.222. The minimum Gasteiger partial charge on any atom is -0.495 e. The molecule has 0 saturated heterocycles. The SMILES string of the molecule is COc1ccc(Cl)cc1NC(=O)C(C)OC(=O)Cc1ccc(Cl)cc1Cl. The van der Waals surface area contributed by atoms with Crippen molar-refractivity contribution in [1.29, 1.82) is 0 Å². The van der Waals surface area contributed by atoms with Crippen molar-refractivity contribution in [1.82, 2.24) is 0 Å². The summed E-state index contributed by atoms with van der Waals surface area (Å²) < 4.78 is 10.3. The van der Waals surface area contributed by atoms with Gasteiger partial charge in [0, 0.05) is 15.1 Å². The molecule has 0 aromatic heterocycles. The monoisotopic (exact) mass is 415 g/mol. The Morgan fingerprint density at radius 1 is 1.08 bits per heavy atom. The Morgan fingerprint density at radius 2 is 1.73 bits per heavy atom. The second-order valence-corrected chi connectivity index (χ2v) is 6.66. The molecule has 0 aliphatic carbocycles. The maximum atomic E-state index is 12.3. The molecule has 0 heterocycles. The largest absolute Gasteiger partial charge is 0.495 e. The van der Waals surface area contributed by atoms with Crippen molar-refractivity contribution in [2.45, 2.75) is 19.4 Å². The van der Waals surface area contributed by atoms with Crippen LogP contribution in [0.15, 0.2) is 36.4 Å². The molecule has 0 radical (unpaired) electrons. The van der Waals surface area contributed by atoms with Gasteiger partial charge in [-0.2, -0.15) is 0 Å².